The molecule has 0 spiro atoms. The van der Waals surface area contributed by atoms with E-state index < -0.39 is 0 Å². The van der Waals surface area contributed by atoms with E-state index in [0.717, 1.165) is 0 Å². The predicted octanol–water partition coefficient (Wildman–Crippen LogP) is 3.59. The molecule has 11 heavy (non-hydrogen) atoms. The molecule has 0 bridgehead atoms. The van der Waals surface area contributed by atoms with Gasteiger partial charge in [0.25, 0.3) is 0 Å². The highest BCUT2D eigenvalue weighted by Gasteiger charge is 1.92. The Labute approximate surface area is 72.9 Å². The van der Waals surface area contributed by atoms with Crippen molar-refractivity contribution >= 4 is 17.1 Å². The Hall–Kier alpha value is -0.630. The smallest absolute Gasteiger partial charge is 0.0481 e. The number of nitrogens with zero attached hydrogens (tertiary/aromatic N) is 1. The molecule has 1 rings (SSSR count). The van der Waals surface area contributed by atoms with Gasteiger partial charge in [0.1, 0.15) is 0 Å². The number of rotatable bonds is 1. The third-order valence-corrected chi connectivity index (χ3v) is 1.91. The van der Waals surface area contributed by atoms with E-state index in [2.05, 4.69) is 22.8 Å². The maximum Gasteiger partial charge on any atom is 0.0481 e. The zero-order chi connectivity index (χ0) is 8.69. The molecule has 0 aliphatic carbocycles. The Morgan fingerprint density at radius 3 is 2.55 bits per heavy atom. The van der Waals surface area contributed by atoms with Crippen molar-refractivity contribution in [3.05, 3.63) is 23.2 Å². The lowest BCUT2D eigenvalue weighted by atomic mass is 10.2. The van der Waals surface area contributed by atoms with Crippen LogP contribution in [0.25, 0.3) is 5.57 Å². The first-order valence-electron chi connectivity index (χ1n) is 3.87. The SMILES string of the molecule is C/C=C(\C)c1cnsc1.CC. The Balaban J connectivity index is 0.000000461. The minimum Gasteiger partial charge on any atom is -0.201 e. The third kappa shape index (κ3) is 3.33. The van der Waals surface area contributed by atoms with Crippen LogP contribution >= 0.6 is 11.5 Å². The first-order chi connectivity index (χ1) is 5.34. The minimum atomic E-state index is 1.24. The molecule has 0 saturated carbocycles. The Morgan fingerprint density at radius 1 is 1.55 bits per heavy atom. The molecule has 0 aromatic carbocycles. The van der Waals surface area contributed by atoms with E-state index in [1.54, 1.807) is 0 Å². The van der Waals surface area contributed by atoms with E-state index in [0.29, 0.717) is 0 Å². The van der Waals surface area contributed by atoms with Crippen molar-refractivity contribution in [2.45, 2.75) is 27.7 Å². The highest BCUT2D eigenvalue weighted by molar-refractivity contribution is 7.03. The average Bonchev–Trinajstić information content (AvgIpc) is 2.59. The van der Waals surface area contributed by atoms with Gasteiger partial charge in [-0.1, -0.05) is 19.9 Å². The van der Waals surface area contributed by atoms with E-state index in [-0.39, 0.29) is 0 Å². The molecule has 0 fully saturated rings. The summed E-state index contributed by atoms with van der Waals surface area (Å²) in [6.07, 6.45) is 3.98. The van der Waals surface area contributed by atoms with Crippen LogP contribution in [0.5, 0.6) is 0 Å². The molecule has 1 nitrogen and oxygen atoms in total. The van der Waals surface area contributed by atoms with Gasteiger partial charge in [-0.05, 0) is 31.0 Å². The first kappa shape index (κ1) is 10.4. The van der Waals surface area contributed by atoms with Gasteiger partial charge in [-0.3, -0.25) is 0 Å². The van der Waals surface area contributed by atoms with Crippen LogP contribution in [-0.2, 0) is 0 Å². The zero-order valence-electron chi connectivity index (χ0n) is 7.59. The van der Waals surface area contributed by atoms with E-state index in [1.165, 1.54) is 22.7 Å². The monoisotopic (exact) mass is 169 g/mol. The highest BCUT2D eigenvalue weighted by Crippen LogP contribution is 2.13. The van der Waals surface area contributed by atoms with Crippen molar-refractivity contribution in [2.75, 3.05) is 0 Å². The van der Waals surface area contributed by atoms with Gasteiger partial charge < -0.3 is 0 Å². The maximum absolute atomic E-state index is 3.99. The van der Waals surface area contributed by atoms with Crippen LogP contribution in [0.4, 0.5) is 0 Å². The quantitative estimate of drug-likeness (QED) is 0.626. The second-order valence-corrected chi connectivity index (χ2v) is 2.54. The Kier molecular flexibility index (Phi) is 5.75. The van der Waals surface area contributed by atoms with E-state index in [1.807, 2.05) is 27.0 Å². The second kappa shape index (κ2) is 6.10. The van der Waals surface area contributed by atoms with Gasteiger partial charge >= 0.3 is 0 Å². The van der Waals surface area contributed by atoms with Gasteiger partial charge in [-0.2, -0.15) is 0 Å². The number of aromatic nitrogens is 1. The van der Waals surface area contributed by atoms with Gasteiger partial charge in [0.05, 0.1) is 0 Å². The fourth-order valence-corrected chi connectivity index (χ4v) is 1.16. The molecule has 0 aliphatic rings. The molecule has 0 aliphatic heterocycles. The predicted molar refractivity (Wildman–Crippen MR) is 52.8 cm³/mol. The van der Waals surface area contributed by atoms with Crippen molar-refractivity contribution in [3.63, 3.8) is 0 Å². The summed E-state index contributed by atoms with van der Waals surface area (Å²) in [5.74, 6) is 0. The lowest BCUT2D eigenvalue weighted by Crippen LogP contribution is -1.69. The summed E-state index contributed by atoms with van der Waals surface area (Å²) in [6.45, 7) is 8.12. The molecule has 0 radical (unpaired) electrons. The van der Waals surface area contributed by atoms with Gasteiger partial charge in [-0.15, -0.1) is 0 Å². The maximum atomic E-state index is 3.99. The van der Waals surface area contributed by atoms with Crippen LogP contribution in [-0.4, -0.2) is 4.37 Å². The second-order valence-electron chi connectivity index (χ2n) is 1.88. The lowest BCUT2D eigenvalue weighted by molar-refractivity contribution is 1.50. The van der Waals surface area contributed by atoms with Crippen molar-refractivity contribution in [2.24, 2.45) is 0 Å². The van der Waals surface area contributed by atoms with Crippen molar-refractivity contribution in [1.82, 2.24) is 4.37 Å². The minimum absolute atomic E-state index is 1.24. The van der Waals surface area contributed by atoms with Gasteiger partial charge in [0, 0.05) is 17.1 Å². The number of hydrogen-bond donors (Lipinski definition) is 0. The summed E-state index contributed by atoms with van der Waals surface area (Å²) in [7, 11) is 0. The summed E-state index contributed by atoms with van der Waals surface area (Å²) < 4.78 is 3.99. The molecule has 0 saturated heterocycles. The van der Waals surface area contributed by atoms with Crippen LogP contribution in [0.2, 0.25) is 0 Å². The Morgan fingerprint density at radius 2 is 2.18 bits per heavy atom. The van der Waals surface area contributed by atoms with Crippen LogP contribution in [0, 0.1) is 0 Å². The number of hydrogen-bond acceptors (Lipinski definition) is 2. The molecular weight excluding hydrogens is 154 g/mol. The molecule has 0 N–H and O–H groups in total. The molecule has 62 valence electrons. The van der Waals surface area contributed by atoms with Crippen molar-refractivity contribution in [3.8, 4) is 0 Å². The zero-order valence-corrected chi connectivity index (χ0v) is 8.40. The summed E-state index contributed by atoms with van der Waals surface area (Å²) in [5.41, 5.74) is 2.53. The number of allylic oxidation sites excluding steroid dienone is 2. The lowest BCUT2D eigenvalue weighted by Gasteiger charge is -1.89. The molecule has 2 heteroatoms. The molecule has 0 unspecified atom stereocenters. The molecule has 1 heterocycles. The topological polar surface area (TPSA) is 12.9 Å². The molecule has 1 aromatic heterocycles. The van der Waals surface area contributed by atoms with Crippen LogP contribution in [0.3, 0.4) is 0 Å². The van der Waals surface area contributed by atoms with Crippen molar-refractivity contribution < 1.29 is 0 Å². The first-order valence-corrected chi connectivity index (χ1v) is 4.71. The fraction of sp³-hybridized carbons (Fsp3) is 0.444. The summed E-state index contributed by atoms with van der Waals surface area (Å²) in [4.78, 5) is 0. The van der Waals surface area contributed by atoms with Crippen LogP contribution < -0.4 is 0 Å². The molecule has 0 amide bonds. The van der Waals surface area contributed by atoms with Gasteiger partial charge in [0.15, 0.2) is 0 Å². The summed E-state index contributed by atoms with van der Waals surface area (Å²) in [5, 5.41) is 2.05. The van der Waals surface area contributed by atoms with Crippen molar-refractivity contribution in [1.29, 1.82) is 0 Å². The standard InChI is InChI=1S/C7H9NS.C2H6/c1-3-6(2)7-4-8-9-5-7;1-2/h3-5H,1-2H3;1-2H3/b6-3+;. The average molecular weight is 169 g/mol. The van der Waals surface area contributed by atoms with E-state index in [9.17, 15) is 0 Å². The molecular formula is C9H15NS. The fourth-order valence-electron chi connectivity index (χ4n) is 0.566. The van der Waals surface area contributed by atoms with Crippen LogP contribution in [0.1, 0.15) is 33.3 Å². The Bertz CT molecular complexity index is 199. The van der Waals surface area contributed by atoms with Crippen LogP contribution in [0.15, 0.2) is 17.7 Å². The largest absolute Gasteiger partial charge is 0.201 e. The van der Waals surface area contributed by atoms with E-state index in [4.69, 9.17) is 0 Å². The van der Waals surface area contributed by atoms with E-state index >= 15 is 0 Å². The summed E-state index contributed by atoms with van der Waals surface area (Å²) >= 11 is 1.49. The normalized spacial score (nSPS) is 10.4. The third-order valence-electron chi connectivity index (χ3n) is 1.32. The molecule has 0 atom stereocenters. The highest BCUT2D eigenvalue weighted by atomic mass is 32.1. The summed E-state index contributed by atoms with van der Waals surface area (Å²) in [6, 6.07) is 0. The molecule has 1 aromatic rings. The van der Waals surface area contributed by atoms with Gasteiger partial charge in [-0.25, -0.2) is 4.37 Å². The van der Waals surface area contributed by atoms with Gasteiger partial charge in [0.2, 0.25) is 0 Å².